The largest absolute Gasteiger partial charge is 0.484 e. The molecular weight excluding hydrogens is 273 g/mol. The Kier molecular flexibility index (Phi) is 4.22. The highest BCUT2D eigenvalue weighted by Gasteiger charge is 2.19. The molecule has 2 unspecified atom stereocenters. The fraction of sp³-hybridized carbons (Fsp3) is 0.231. The SMILES string of the molecule is CC(N)C(Oc1ccc(Cl)c(F)c1)c1ccsc1. The van der Waals surface area contributed by atoms with Gasteiger partial charge in [0.05, 0.1) is 5.02 Å². The maximum atomic E-state index is 13.3. The lowest BCUT2D eigenvalue weighted by atomic mass is 10.1. The summed E-state index contributed by atoms with van der Waals surface area (Å²) in [4.78, 5) is 0. The number of halogens is 2. The summed E-state index contributed by atoms with van der Waals surface area (Å²) in [6.45, 7) is 1.86. The van der Waals surface area contributed by atoms with Crippen molar-refractivity contribution in [1.29, 1.82) is 0 Å². The lowest BCUT2D eigenvalue weighted by molar-refractivity contribution is 0.180. The van der Waals surface area contributed by atoms with Gasteiger partial charge in [0.1, 0.15) is 17.7 Å². The summed E-state index contributed by atoms with van der Waals surface area (Å²) in [6.07, 6.45) is -0.295. The maximum Gasteiger partial charge on any atom is 0.145 e. The van der Waals surface area contributed by atoms with Gasteiger partial charge in [-0.15, -0.1) is 0 Å². The van der Waals surface area contributed by atoms with Crippen LogP contribution in [0.25, 0.3) is 0 Å². The zero-order chi connectivity index (χ0) is 13.1. The normalized spacial score (nSPS) is 14.2. The molecule has 0 aliphatic heterocycles. The van der Waals surface area contributed by atoms with Gasteiger partial charge >= 0.3 is 0 Å². The molecule has 0 bridgehead atoms. The van der Waals surface area contributed by atoms with Crippen molar-refractivity contribution in [2.75, 3.05) is 0 Å². The highest BCUT2D eigenvalue weighted by molar-refractivity contribution is 7.07. The molecule has 0 saturated heterocycles. The van der Waals surface area contributed by atoms with Crippen LogP contribution in [0.1, 0.15) is 18.6 Å². The van der Waals surface area contributed by atoms with Crippen LogP contribution in [0, 0.1) is 5.82 Å². The Labute approximate surface area is 114 Å². The molecule has 2 aromatic rings. The standard InChI is InChI=1S/C13H13ClFNOS/c1-8(16)13(9-4-5-18-7-9)17-10-2-3-11(14)12(15)6-10/h2-8,13H,16H2,1H3. The fourth-order valence-corrected chi connectivity index (χ4v) is 2.41. The van der Waals surface area contributed by atoms with Crippen molar-refractivity contribution < 1.29 is 9.13 Å². The van der Waals surface area contributed by atoms with Crippen LogP contribution >= 0.6 is 22.9 Å². The van der Waals surface area contributed by atoms with Crippen LogP contribution in [0.5, 0.6) is 5.75 Å². The second kappa shape index (κ2) is 5.69. The van der Waals surface area contributed by atoms with Gasteiger partial charge in [0, 0.05) is 17.7 Å². The summed E-state index contributed by atoms with van der Waals surface area (Å²) in [5.41, 5.74) is 6.89. The van der Waals surface area contributed by atoms with Crippen molar-refractivity contribution in [3.8, 4) is 5.75 Å². The first-order valence-electron chi connectivity index (χ1n) is 5.47. The van der Waals surface area contributed by atoms with Crippen LogP contribution < -0.4 is 10.5 Å². The summed E-state index contributed by atoms with van der Waals surface area (Å²) >= 11 is 7.20. The minimum Gasteiger partial charge on any atom is -0.484 e. The van der Waals surface area contributed by atoms with Crippen LogP contribution in [0.2, 0.25) is 5.02 Å². The van der Waals surface area contributed by atoms with Crippen molar-refractivity contribution in [3.63, 3.8) is 0 Å². The van der Waals surface area contributed by atoms with Gasteiger partial charge in [-0.3, -0.25) is 0 Å². The monoisotopic (exact) mass is 285 g/mol. The van der Waals surface area contributed by atoms with Crippen molar-refractivity contribution >= 4 is 22.9 Å². The zero-order valence-electron chi connectivity index (χ0n) is 9.77. The van der Waals surface area contributed by atoms with E-state index in [1.807, 2.05) is 23.8 Å². The van der Waals surface area contributed by atoms with Crippen LogP contribution in [0.3, 0.4) is 0 Å². The third-order valence-electron chi connectivity index (χ3n) is 2.50. The third kappa shape index (κ3) is 3.02. The lowest BCUT2D eigenvalue weighted by Gasteiger charge is -2.21. The Balaban J connectivity index is 2.21. The first kappa shape index (κ1) is 13.3. The molecule has 0 aliphatic rings. The molecular formula is C13H13ClFNOS. The van der Waals surface area contributed by atoms with Gasteiger partial charge < -0.3 is 10.5 Å². The predicted octanol–water partition coefficient (Wildman–Crippen LogP) is 4.01. The van der Waals surface area contributed by atoms with E-state index in [1.165, 1.54) is 12.1 Å². The van der Waals surface area contributed by atoms with E-state index in [0.29, 0.717) is 5.75 Å². The number of hydrogen-bond donors (Lipinski definition) is 1. The molecule has 2 N–H and O–H groups in total. The summed E-state index contributed by atoms with van der Waals surface area (Å²) in [5, 5.41) is 4.01. The lowest BCUT2D eigenvalue weighted by Crippen LogP contribution is -2.28. The topological polar surface area (TPSA) is 35.2 Å². The van der Waals surface area contributed by atoms with Crippen LogP contribution in [-0.2, 0) is 0 Å². The Morgan fingerprint density at radius 1 is 1.39 bits per heavy atom. The second-order valence-electron chi connectivity index (χ2n) is 4.03. The average molecular weight is 286 g/mol. The molecule has 0 fully saturated rings. The van der Waals surface area contributed by atoms with Crippen LogP contribution in [0.4, 0.5) is 4.39 Å². The Hall–Kier alpha value is -1.10. The van der Waals surface area contributed by atoms with Crippen molar-refractivity contribution in [2.45, 2.75) is 19.1 Å². The molecule has 2 nitrogen and oxygen atoms in total. The molecule has 2 atom stereocenters. The molecule has 2 rings (SSSR count). The Bertz CT molecular complexity index is 516. The molecule has 0 aliphatic carbocycles. The van der Waals surface area contributed by atoms with E-state index in [-0.39, 0.29) is 17.2 Å². The van der Waals surface area contributed by atoms with E-state index in [2.05, 4.69) is 0 Å². The first-order chi connectivity index (χ1) is 8.58. The first-order valence-corrected chi connectivity index (χ1v) is 6.79. The van der Waals surface area contributed by atoms with Gasteiger partial charge in [-0.2, -0.15) is 11.3 Å². The van der Waals surface area contributed by atoms with E-state index in [9.17, 15) is 4.39 Å². The van der Waals surface area contributed by atoms with E-state index >= 15 is 0 Å². The minimum atomic E-state index is -0.497. The van der Waals surface area contributed by atoms with Gasteiger partial charge in [-0.1, -0.05) is 11.6 Å². The molecule has 1 heterocycles. The third-order valence-corrected chi connectivity index (χ3v) is 3.51. The number of rotatable bonds is 4. The highest BCUT2D eigenvalue weighted by atomic mass is 35.5. The van der Waals surface area contributed by atoms with E-state index in [0.717, 1.165) is 5.56 Å². The number of benzene rings is 1. The molecule has 1 aromatic heterocycles. The minimum absolute atomic E-state index is 0.0789. The maximum absolute atomic E-state index is 13.3. The predicted molar refractivity (Wildman–Crippen MR) is 72.7 cm³/mol. The van der Waals surface area contributed by atoms with E-state index in [4.69, 9.17) is 22.1 Å². The van der Waals surface area contributed by atoms with Gasteiger partial charge in [0.25, 0.3) is 0 Å². The second-order valence-corrected chi connectivity index (χ2v) is 5.22. The molecule has 1 aromatic carbocycles. The molecule has 18 heavy (non-hydrogen) atoms. The number of hydrogen-bond acceptors (Lipinski definition) is 3. The van der Waals surface area contributed by atoms with Crippen molar-refractivity contribution in [2.24, 2.45) is 5.73 Å². The van der Waals surface area contributed by atoms with Crippen LogP contribution in [-0.4, -0.2) is 6.04 Å². The van der Waals surface area contributed by atoms with Gasteiger partial charge in [0.2, 0.25) is 0 Å². The summed E-state index contributed by atoms with van der Waals surface area (Å²) in [5.74, 6) is -0.0756. The van der Waals surface area contributed by atoms with Crippen LogP contribution in [0.15, 0.2) is 35.0 Å². The summed E-state index contributed by atoms with van der Waals surface area (Å²) in [6, 6.07) is 6.12. The molecule has 0 saturated carbocycles. The quantitative estimate of drug-likeness (QED) is 0.921. The van der Waals surface area contributed by atoms with E-state index in [1.54, 1.807) is 17.4 Å². The Morgan fingerprint density at radius 2 is 2.17 bits per heavy atom. The van der Waals surface area contributed by atoms with Crippen molar-refractivity contribution in [3.05, 3.63) is 51.4 Å². The summed E-state index contributed by atoms with van der Waals surface area (Å²) in [7, 11) is 0. The molecule has 96 valence electrons. The van der Waals surface area contributed by atoms with E-state index < -0.39 is 5.82 Å². The zero-order valence-corrected chi connectivity index (χ0v) is 11.3. The van der Waals surface area contributed by atoms with Crippen molar-refractivity contribution in [1.82, 2.24) is 0 Å². The molecule has 0 radical (unpaired) electrons. The summed E-state index contributed by atoms with van der Waals surface area (Å²) < 4.78 is 19.1. The molecule has 0 amide bonds. The van der Waals surface area contributed by atoms with Gasteiger partial charge in [-0.25, -0.2) is 4.39 Å². The van der Waals surface area contributed by atoms with Gasteiger partial charge in [0.15, 0.2) is 0 Å². The number of thiophene rings is 1. The fourth-order valence-electron chi connectivity index (χ4n) is 1.61. The highest BCUT2D eigenvalue weighted by Crippen LogP contribution is 2.28. The molecule has 5 heteroatoms. The smallest absolute Gasteiger partial charge is 0.145 e. The Morgan fingerprint density at radius 3 is 2.72 bits per heavy atom. The molecule has 0 spiro atoms. The van der Waals surface area contributed by atoms with Gasteiger partial charge in [-0.05, 0) is 35.9 Å². The number of ether oxygens (including phenoxy) is 1. The average Bonchev–Trinajstić information content (AvgIpc) is 2.83. The number of nitrogens with two attached hydrogens (primary N) is 1.